The van der Waals surface area contributed by atoms with Gasteiger partial charge in [-0.05, 0) is 43.9 Å². The van der Waals surface area contributed by atoms with Crippen molar-refractivity contribution in [2.45, 2.75) is 50.5 Å². The molecule has 3 fully saturated rings. The van der Waals surface area contributed by atoms with Crippen LogP contribution in [-0.2, 0) is 4.74 Å². The lowest BCUT2D eigenvalue weighted by molar-refractivity contribution is -0.0443. The molecule has 1 aliphatic heterocycles. The lowest BCUT2D eigenvalue weighted by Crippen LogP contribution is -2.28. The van der Waals surface area contributed by atoms with Crippen LogP contribution in [0.5, 0.6) is 0 Å². The van der Waals surface area contributed by atoms with Crippen LogP contribution < -0.4 is 0 Å². The molecule has 0 N–H and O–H groups in total. The predicted octanol–water partition coefficient (Wildman–Crippen LogP) is 2.75. The van der Waals surface area contributed by atoms with Gasteiger partial charge >= 0.3 is 0 Å². The Hall–Kier alpha value is -0.0400. The molecular formula is C11H18O. The molecule has 68 valence electrons. The molecule has 0 bridgehead atoms. The summed E-state index contributed by atoms with van der Waals surface area (Å²) >= 11 is 0. The van der Waals surface area contributed by atoms with Crippen LogP contribution in [0.2, 0.25) is 0 Å². The van der Waals surface area contributed by atoms with Crippen molar-refractivity contribution in [2.24, 2.45) is 11.8 Å². The summed E-state index contributed by atoms with van der Waals surface area (Å²) in [4.78, 5) is 0. The first-order valence-electron chi connectivity index (χ1n) is 5.52. The van der Waals surface area contributed by atoms with Crippen LogP contribution in [0.3, 0.4) is 0 Å². The number of hydrogen-bond donors (Lipinski definition) is 0. The van der Waals surface area contributed by atoms with Crippen molar-refractivity contribution in [3.8, 4) is 0 Å². The van der Waals surface area contributed by atoms with Crippen LogP contribution in [0.1, 0.15) is 44.9 Å². The van der Waals surface area contributed by atoms with E-state index in [2.05, 4.69) is 0 Å². The predicted molar refractivity (Wildman–Crippen MR) is 48.0 cm³/mol. The van der Waals surface area contributed by atoms with E-state index in [1.165, 1.54) is 44.9 Å². The van der Waals surface area contributed by atoms with Gasteiger partial charge in [0.2, 0.25) is 0 Å². The molecule has 2 atom stereocenters. The highest BCUT2D eigenvalue weighted by Crippen LogP contribution is 2.50. The second-order valence-electron chi connectivity index (χ2n) is 5.00. The maximum atomic E-state index is 6.11. The first kappa shape index (κ1) is 7.37. The van der Waals surface area contributed by atoms with E-state index < -0.39 is 0 Å². The molecule has 1 spiro atoms. The van der Waals surface area contributed by atoms with E-state index in [4.69, 9.17) is 4.74 Å². The molecule has 2 saturated carbocycles. The second kappa shape index (κ2) is 2.47. The molecule has 0 aromatic heterocycles. The molecule has 2 aliphatic carbocycles. The quantitative estimate of drug-likeness (QED) is 0.537. The Kier molecular flexibility index (Phi) is 1.52. The van der Waals surface area contributed by atoms with Crippen molar-refractivity contribution in [3.05, 3.63) is 0 Å². The standard InChI is InChI=1S/C11H18O/c1-2-5-11(4-1)6-3-9-7-10(9)8-12-11/h9-10H,1-8H2/t9-,10+/m1/s1. The van der Waals surface area contributed by atoms with E-state index in [1.807, 2.05) is 0 Å². The molecule has 1 heteroatoms. The Morgan fingerprint density at radius 2 is 1.83 bits per heavy atom. The number of hydrogen-bond acceptors (Lipinski definition) is 1. The van der Waals surface area contributed by atoms with Crippen LogP contribution in [0.15, 0.2) is 0 Å². The van der Waals surface area contributed by atoms with Crippen molar-refractivity contribution in [3.63, 3.8) is 0 Å². The smallest absolute Gasteiger partial charge is 0.0682 e. The Bertz CT molecular complexity index is 167. The third kappa shape index (κ3) is 1.10. The summed E-state index contributed by atoms with van der Waals surface area (Å²) in [5.74, 6) is 2.02. The fraction of sp³-hybridized carbons (Fsp3) is 1.00. The van der Waals surface area contributed by atoms with Gasteiger partial charge in [-0.3, -0.25) is 0 Å². The second-order valence-corrected chi connectivity index (χ2v) is 5.00. The molecule has 0 aromatic carbocycles. The number of ether oxygens (including phenoxy) is 1. The zero-order valence-corrected chi connectivity index (χ0v) is 7.72. The van der Waals surface area contributed by atoms with E-state index in [0.717, 1.165) is 18.4 Å². The summed E-state index contributed by atoms with van der Waals surface area (Å²) in [7, 11) is 0. The fourth-order valence-corrected chi connectivity index (χ4v) is 3.09. The molecule has 0 aromatic rings. The fourth-order valence-electron chi connectivity index (χ4n) is 3.09. The van der Waals surface area contributed by atoms with E-state index >= 15 is 0 Å². The van der Waals surface area contributed by atoms with Crippen molar-refractivity contribution in [1.29, 1.82) is 0 Å². The van der Waals surface area contributed by atoms with Crippen LogP contribution >= 0.6 is 0 Å². The van der Waals surface area contributed by atoms with Gasteiger partial charge in [0.25, 0.3) is 0 Å². The summed E-state index contributed by atoms with van der Waals surface area (Å²) in [6.07, 6.45) is 9.83. The van der Waals surface area contributed by atoms with Gasteiger partial charge in [0.15, 0.2) is 0 Å². The molecular weight excluding hydrogens is 148 g/mol. The van der Waals surface area contributed by atoms with E-state index in [-0.39, 0.29) is 0 Å². The van der Waals surface area contributed by atoms with Gasteiger partial charge in [0.05, 0.1) is 12.2 Å². The van der Waals surface area contributed by atoms with Gasteiger partial charge in [-0.2, -0.15) is 0 Å². The van der Waals surface area contributed by atoms with Gasteiger partial charge in [-0.15, -0.1) is 0 Å². The van der Waals surface area contributed by atoms with E-state index in [1.54, 1.807) is 0 Å². The summed E-state index contributed by atoms with van der Waals surface area (Å²) in [6, 6.07) is 0. The summed E-state index contributed by atoms with van der Waals surface area (Å²) in [5.41, 5.74) is 0.368. The zero-order valence-electron chi connectivity index (χ0n) is 7.72. The Labute approximate surface area is 74.5 Å². The van der Waals surface area contributed by atoms with Crippen LogP contribution in [-0.4, -0.2) is 12.2 Å². The maximum absolute atomic E-state index is 6.11. The highest BCUT2D eigenvalue weighted by atomic mass is 16.5. The van der Waals surface area contributed by atoms with Crippen LogP contribution in [0, 0.1) is 11.8 Å². The molecule has 1 nitrogen and oxygen atoms in total. The first-order chi connectivity index (χ1) is 5.88. The van der Waals surface area contributed by atoms with E-state index in [0.29, 0.717) is 5.60 Å². The topological polar surface area (TPSA) is 9.23 Å². The van der Waals surface area contributed by atoms with Gasteiger partial charge in [-0.25, -0.2) is 0 Å². The molecule has 0 radical (unpaired) electrons. The number of rotatable bonds is 0. The van der Waals surface area contributed by atoms with Gasteiger partial charge < -0.3 is 4.74 Å². The third-order valence-electron chi connectivity index (χ3n) is 4.16. The molecule has 1 saturated heterocycles. The summed E-state index contributed by atoms with van der Waals surface area (Å²) < 4.78 is 6.11. The largest absolute Gasteiger partial charge is 0.375 e. The van der Waals surface area contributed by atoms with Crippen molar-refractivity contribution in [2.75, 3.05) is 6.61 Å². The molecule has 1 heterocycles. The average Bonchev–Trinajstić information content (AvgIpc) is 2.70. The summed E-state index contributed by atoms with van der Waals surface area (Å²) in [5, 5.41) is 0. The maximum Gasteiger partial charge on any atom is 0.0682 e. The minimum Gasteiger partial charge on any atom is -0.375 e. The van der Waals surface area contributed by atoms with E-state index in [9.17, 15) is 0 Å². The Morgan fingerprint density at radius 1 is 1.00 bits per heavy atom. The zero-order chi connectivity index (χ0) is 8.02. The lowest BCUT2D eigenvalue weighted by atomic mass is 9.95. The van der Waals surface area contributed by atoms with Crippen molar-refractivity contribution >= 4 is 0 Å². The van der Waals surface area contributed by atoms with Crippen LogP contribution in [0.4, 0.5) is 0 Å². The minimum atomic E-state index is 0.368. The molecule has 12 heavy (non-hydrogen) atoms. The summed E-state index contributed by atoms with van der Waals surface area (Å²) in [6.45, 7) is 1.09. The van der Waals surface area contributed by atoms with Gasteiger partial charge in [0, 0.05) is 0 Å². The third-order valence-corrected chi connectivity index (χ3v) is 4.16. The molecule has 0 amide bonds. The normalized spacial score (nSPS) is 44.0. The van der Waals surface area contributed by atoms with Crippen molar-refractivity contribution < 1.29 is 4.74 Å². The Morgan fingerprint density at radius 3 is 2.67 bits per heavy atom. The SMILES string of the molecule is C1CCC2(C1)CC[C@@H]1C[C@H]1CO2. The monoisotopic (exact) mass is 166 g/mol. The average molecular weight is 166 g/mol. The highest BCUT2D eigenvalue weighted by molar-refractivity contribution is 4.96. The molecule has 0 unspecified atom stereocenters. The van der Waals surface area contributed by atoms with Crippen molar-refractivity contribution in [1.82, 2.24) is 0 Å². The lowest BCUT2D eigenvalue weighted by Gasteiger charge is -2.28. The van der Waals surface area contributed by atoms with Crippen LogP contribution in [0.25, 0.3) is 0 Å². The molecule has 3 rings (SSSR count). The highest BCUT2D eigenvalue weighted by Gasteiger charge is 2.45. The van der Waals surface area contributed by atoms with Gasteiger partial charge in [-0.1, -0.05) is 12.8 Å². The van der Waals surface area contributed by atoms with Gasteiger partial charge in [0.1, 0.15) is 0 Å². The Balaban J connectivity index is 1.71. The first-order valence-corrected chi connectivity index (χ1v) is 5.52. The molecule has 3 aliphatic rings. The number of fused-ring (bicyclic) bond motifs is 1. The minimum absolute atomic E-state index is 0.368.